The Balaban J connectivity index is 2.68. The van der Waals surface area contributed by atoms with Gasteiger partial charge >= 0.3 is 0 Å². The fraction of sp³-hybridized carbons (Fsp3) is 0.455. The fourth-order valence-corrected chi connectivity index (χ4v) is 2.43. The van der Waals surface area contributed by atoms with Gasteiger partial charge in [-0.2, -0.15) is 0 Å². The number of aromatic nitrogens is 1. The predicted octanol–water partition coefficient (Wildman–Crippen LogP) is 0.0788. The molecule has 0 atom stereocenters. The fourth-order valence-electron chi connectivity index (χ4n) is 1.22. The van der Waals surface area contributed by atoms with Crippen molar-refractivity contribution in [1.29, 1.82) is 0 Å². The van der Waals surface area contributed by atoms with Crippen LogP contribution < -0.4 is 15.6 Å². The largest absolute Gasteiger partial charge is 0.355 e. The van der Waals surface area contributed by atoms with Crippen LogP contribution in [0, 0.1) is 5.92 Å². The Kier molecular flexibility index (Phi) is 5.73. The molecule has 1 amide bonds. The summed E-state index contributed by atoms with van der Waals surface area (Å²) in [5.41, 5.74) is -0.583. The molecule has 0 spiro atoms. The molecular formula is C11H16ClN3O4S. The highest BCUT2D eigenvalue weighted by Gasteiger charge is 2.16. The first kappa shape index (κ1) is 16.7. The first-order chi connectivity index (χ1) is 9.22. The van der Waals surface area contributed by atoms with Gasteiger partial charge in [0.25, 0.3) is 5.56 Å². The molecule has 1 aromatic rings. The Morgan fingerprint density at radius 1 is 1.45 bits per heavy atom. The van der Waals surface area contributed by atoms with E-state index in [1.165, 1.54) is 0 Å². The molecule has 0 bridgehead atoms. The van der Waals surface area contributed by atoms with Crippen LogP contribution in [0.1, 0.15) is 13.8 Å². The van der Waals surface area contributed by atoms with Crippen LogP contribution in [0.5, 0.6) is 0 Å². The van der Waals surface area contributed by atoms with Crippen LogP contribution in [0.3, 0.4) is 0 Å². The van der Waals surface area contributed by atoms with Crippen molar-refractivity contribution >= 4 is 27.5 Å². The van der Waals surface area contributed by atoms with Crippen molar-refractivity contribution in [2.75, 3.05) is 13.1 Å². The van der Waals surface area contributed by atoms with Crippen LogP contribution in [-0.2, 0) is 14.8 Å². The van der Waals surface area contributed by atoms with Crippen LogP contribution in [0.4, 0.5) is 0 Å². The number of halogens is 1. The Hall–Kier alpha value is -1.38. The van der Waals surface area contributed by atoms with E-state index in [1.807, 2.05) is 13.8 Å². The van der Waals surface area contributed by atoms with Gasteiger partial charge in [-0.15, -0.1) is 0 Å². The number of carbonyl (C=O) groups is 1. The number of sulfonamides is 1. The molecule has 0 saturated carbocycles. The minimum absolute atomic E-state index is 0.209. The lowest BCUT2D eigenvalue weighted by Crippen LogP contribution is -2.38. The maximum absolute atomic E-state index is 11.9. The Morgan fingerprint density at radius 2 is 2.10 bits per heavy atom. The van der Waals surface area contributed by atoms with Crippen LogP contribution in [-0.4, -0.2) is 32.4 Å². The molecular weight excluding hydrogens is 306 g/mol. The van der Waals surface area contributed by atoms with Crippen molar-refractivity contribution in [3.05, 3.63) is 27.6 Å². The smallest absolute Gasteiger partial charge is 0.266 e. The number of aromatic amines is 1. The molecule has 1 aromatic heterocycles. The summed E-state index contributed by atoms with van der Waals surface area (Å²) in [6.07, 6.45) is 1.02. The van der Waals surface area contributed by atoms with E-state index >= 15 is 0 Å². The summed E-state index contributed by atoms with van der Waals surface area (Å²) in [7, 11) is -3.90. The maximum atomic E-state index is 11.9. The van der Waals surface area contributed by atoms with Gasteiger partial charge in [0.2, 0.25) is 15.9 Å². The minimum atomic E-state index is -3.90. The van der Waals surface area contributed by atoms with Crippen molar-refractivity contribution in [3.63, 3.8) is 0 Å². The van der Waals surface area contributed by atoms with Crippen LogP contribution in [0.2, 0.25) is 5.02 Å². The van der Waals surface area contributed by atoms with E-state index in [0.717, 1.165) is 12.3 Å². The molecule has 9 heteroatoms. The Morgan fingerprint density at radius 3 is 2.65 bits per heavy atom. The lowest BCUT2D eigenvalue weighted by Gasteiger charge is -2.09. The van der Waals surface area contributed by atoms with Crippen LogP contribution >= 0.6 is 11.6 Å². The first-order valence-corrected chi connectivity index (χ1v) is 7.73. The summed E-state index contributed by atoms with van der Waals surface area (Å²) in [6.45, 7) is 3.93. The molecule has 0 aromatic carbocycles. The van der Waals surface area contributed by atoms with Gasteiger partial charge < -0.3 is 10.3 Å². The average molecular weight is 322 g/mol. The van der Waals surface area contributed by atoms with Gasteiger partial charge in [0.1, 0.15) is 5.02 Å². The summed E-state index contributed by atoms with van der Waals surface area (Å²) in [5.74, 6) is -0.161. The van der Waals surface area contributed by atoms with Crippen molar-refractivity contribution in [3.8, 4) is 0 Å². The Bertz CT molecular complexity index is 639. The molecule has 112 valence electrons. The molecule has 7 nitrogen and oxygen atoms in total. The van der Waals surface area contributed by atoms with Gasteiger partial charge in [0, 0.05) is 12.7 Å². The lowest BCUT2D eigenvalue weighted by molar-refractivity contribution is -0.120. The molecule has 1 rings (SSSR count). The number of carbonyl (C=O) groups excluding carboxylic acids is 1. The van der Waals surface area contributed by atoms with Gasteiger partial charge in [-0.25, -0.2) is 13.1 Å². The molecule has 0 saturated heterocycles. The summed E-state index contributed by atoms with van der Waals surface area (Å²) in [6, 6.07) is 1.02. The van der Waals surface area contributed by atoms with Crippen molar-refractivity contribution in [2.24, 2.45) is 5.92 Å². The monoisotopic (exact) mass is 321 g/mol. The van der Waals surface area contributed by atoms with Gasteiger partial charge in [0.15, 0.2) is 0 Å². The van der Waals surface area contributed by atoms with E-state index in [4.69, 9.17) is 11.6 Å². The molecule has 0 aliphatic rings. The molecule has 0 fully saturated rings. The lowest BCUT2D eigenvalue weighted by atomic mass is 10.2. The zero-order chi connectivity index (χ0) is 15.3. The SMILES string of the molecule is CC(C)CNC(=O)CNS(=O)(=O)c1c[nH]c(=O)c(Cl)c1. The van der Waals surface area contributed by atoms with Crippen molar-refractivity contribution in [1.82, 2.24) is 15.0 Å². The molecule has 0 radical (unpaired) electrons. The van der Waals surface area contributed by atoms with E-state index in [0.29, 0.717) is 6.54 Å². The van der Waals surface area contributed by atoms with Gasteiger partial charge in [-0.1, -0.05) is 25.4 Å². The summed E-state index contributed by atoms with van der Waals surface area (Å²) in [5, 5.41) is 2.34. The third-order valence-corrected chi connectivity index (χ3v) is 3.93. The van der Waals surface area contributed by atoms with E-state index in [2.05, 4.69) is 15.0 Å². The van der Waals surface area contributed by atoms with Crippen molar-refractivity contribution < 1.29 is 13.2 Å². The Labute approximate surface area is 121 Å². The molecule has 20 heavy (non-hydrogen) atoms. The molecule has 1 heterocycles. The molecule has 0 unspecified atom stereocenters. The second kappa shape index (κ2) is 6.87. The highest BCUT2D eigenvalue weighted by atomic mass is 35.5. The first-order valence-electron chi connectivity index (χ1n) is 5.87. The number of pyridine rings is 1. The molecule has 3 N–H and O–H groups in total. The highest BCUT2D eigenvalue weighted by molar-refractivity contribution is 7.89. The van der Waals surface area contributed by atoms with Gasteiger partial charge in [-0.3, -0.25) is 9.59 Å². The average Bonchev–Trinajstić information content (AvgIpc) is 2.37. The third kappa shape index (κ3) is 4.95. The second-order valence-electron chi connectivity index (χ2n) is 4.53. The second-order valence-corrected chi connectivity index (χ2v) is 6.71. The molecule has 0 aliphatic carbocycles. The highest BCUT2D eigenvalue weighted by Crippen LogP contribution is 2.09. The third-order valence-electron chi connectivity index (χ3n) is 2.27. The van der Waals surface area contributed by atoms with E-state index < -0.39 is 21.5 Å². The maximum Gasteiger partial charge on any atom is 0.266 e. The standard InChI is InChI=1S/C11H16ClN3O4S/c1-7(2)4-13-10(16)6-15-20(18,19)8-3-9(12)11(17)14-5-8/h3,5,7,15H,4,6H2,1-2H3,(H,13,16)(H,14,17). The van der Waals surface area contributed by atoms with Crippen LogP contribution in [0.25, 0.3) is 0 Å². The van der Waals surface area contributed by atoms with Crippen LogP contribution in [0.15, 0.2) is 22.0 Å². The zero-order valence-corrected chi connectivity index (χ0v) is 12.6. The number of H-pyrrole nitrogens is 1. The topological polar surface area (TPSA) is 108 Å². The number of rotatable bonds is 6. The number of hydrogen-bond donors (Lipinski definition) is 3. The van der Waals surface area contributed by atoms with E-state index in [-0.39, 0.29) is 22.4 Å². The van der Waals surface area contributed by atoms with Crippen molar-refractivity contribution in [2.45, 2.75) is 18.7 Å². The number of nitrogens with one attached hydrogen (secondary N) is 3. The van der Waals surface area contributed by atoms with E-state index in [9.17, 15) is 18.0 Å². The summed E-state index contributed by atoms with van der Waals surface area (Å²) >= 11 is 5.55. The molecule has 0 aliphatic heterocycles. The quantitative estimate of drug-likeness (QED) is 0.689. The summed E-state index contributed by atoms with van der Waals surface area (Å²) in [4.78, 5) is 24.5. The summed E-state index contributed by atoms with van der Waals surface area (Å²) < 4.78 is 25.9. The van der Waals surface area contributed by atoms with Gasteiger partial charge in [0.05, 0.1) is 11.4 Å². The van der Waals surface area contributed by atoms with E-state index in [1.54, 1.807) is 0 Å². The van der Waals surface area contributed by atoms with Gasteiger partial charge in [-0.05, 0) is 12.0 Å². The zero-order valence-electron chi connectivity index (χ0n) is 11.1. The minimum Gasteiger partial charge on any atom is -0.355 e. The number of amides is 1. The predicted molar refractivity (Wildman–Crippen MR) is 75.1 cm³/mol. The number of hydrogen-bond acceptors (Lipinski definition) is 4. The normalized spacial score (nSPS) is 11.6.